The molecule has 2 aliphatic rings. The minimum Gasteiger partial charge on any atom is -0.486 e. The number of halogens is 1. The number of para-hydroxylation sites is 1. The third-order valence-corrected chi connectivity index (χ3v) is 4.75. The Morgan fingerprint density at radius 2 is 1.77 bits per heavy atom. The summed E-state index contributed by atoms with van der Waals surface area (Å²) in [5, 5.41) is 0. The largest absolute Gasteiger partial charge is 0.486 e. The van der Waals surface area contributed by atoms with Crippen molar-refractivity contribution in [1.29, 1.82) is 0 Å². The second-order valence-corrected chi connectivity index (χ2v) is 6.53. The van der Waals surface area contributed by atoms with E-state index in [1.165, 1.54) is 6.07 Å². The standard InChI is InChI=1S/C20H21FN2O3/c21-16-4-1-3-15(13-16)14-22-7-9-23(10-8-22)20(24)17-5-2-6-18-19(17)26-12-11-25-18/h1-6,13H,7-12,14H2. The summed E-state index contributed by atoms with van der Waals surface area (Å²) in [7, 11) is 0. The summed E-state index contributed by atoms with van der Waals surface area (Å²) >= 11 is 0. The zero-order chi connectivity index (χ0) is 17.9. The molecule has 0 bridgehead atoms. The van der Waals surface area contributed by atoms with E-state index in [1.807, 2.05) is 23.1 Å². The first-order valence-electron chi connectivity index (χ1n) is 8.85. The second-order valence-electron chi connectivity index (χ2n) is 6.53. The van der Waals surface area contributed by atoms with Crippen LogP contribution in [0.3, 0.4) is 0 Å². The van der Waals surface area contributed by atoms with Gasteiger partial charge in [0.15, 0.2) is 11.5 Å². The van der Waals surface area contributed by atoms with Gasteiger partial charge in [-0.2, -0.15) is 0 Å². The van der Waals surface area contributed by atoms with Gasteiger partial charge in [-0.05, 0) is 29.8 Å². The Kier molecular flexibility index (Phi) is 4.75. The molecular weight excluding hydrogens is 335 g/mol. The fourth-order valence-electron chi connectivity index (χ4n) is 3.42. The minimum atomic E-state index is -0.215. The van der Waals surface area contributed by atoms with E-state index < -0.39 is 0 Å². The van der Waals surface area contributed by atoms with Gasteiger partial charge in [0.05, 0.1) is 5.56 Å². The summed E-state index contributed by atoms with van der Waals surface area (Å²) in [6.07, 6.45) is 0. The minimum absolute atomic E-state index is 0.0299. The number of fused-ring (bicyclic) bond motifs is 1. The van der Waals surface area contributed by atoms with Crippen LogP contribution in [0.5, 0.6) is 11.5 Å². The third-order valence-electron chi connectivity index (χ3n) is 4.75. The SMILES string of the molecule is O=C(c1cccc2c1OCCO2)N1CCN(Cc2cccc(F)c2)CC1. The fraction of sp³-hybridized carbons (Fsp3) is 0.350. The van der Waals surface area contributed by atoms with Gasteiger partial charge in [0.25, 0.3) is 5.91 Å². The van der Waals surface area contributed by atoms with E-state index in [-0.39, 0.29) is 11.7 Å². The van der Waals surface area contributed by atoms with Gasteiger partial charge >= 0.3 is 0 Å². The number of piperazine rings is 1. The van der Waals surface area contributed by atoms with Gasteiger partial charge in [-0.3, -0.25) is 9.69 Å². The van der Waals surface area contributed by atoms with Crippen molar-refractivity contribution in [3.05, 3.63) is 59.4 Å². The number of nitrogens with zero attached hydrogens (tertiary/aromatic N) is 2. The van der Waals surface area contributed by atoms with Crippen molar-refractivity contribution in [2.75, 3.05) is 39.4 Å². The summed E-state index contributed by atoms with van der Waals surface area (Å²) in [5.74, 6) is 0.933. The van der Waals surface area contributed by atoms with Crippen LogP contribution in [0.15, 0.2) is 42.5 Å². The number of amides is 1. The smallest absolute Gasteiger partial charge is 0.257 e. The van der Waals surface area contributed by atoms with Crippen LogP contribution in [0.1, 0.15) is 15.9 Å². The Labute approximate surface area is 151 Å². The Balaban J connectivity index is 1.40. The lowest BCUT2D eigenvalue weighted by atomic mass is 10.1. The van der Waals surface area contributed by atoms with E-state index in [1.54, 1.807) is 18.2 Å². The number of carbonyl (C=O) groups excluding carboxylic acids is 1. The van der Waals surface area contributed by atoms with Crippen LogP contribution < -0.4 is 9.47 Å². The maximum Gasteiger partial charge on any atom is 0.257 e. The molecule has 0 aliphatic carbocycles. The highest BCUT2D eigenvalue weighted by Gasteiger charge is 2.27. The zero-order valence-corrected chi connectivity index (χ0v) is 14.5. The van der Waals surface area contributed by atoms with Crippen molar-refractivity contribution >= 4 is 5.91 Å². The number of hydrogen-bond acceptors (Lipinski definition) is 4. The number of benzene rings is 2. The number of carbonyl (C=O) groups is 1. The molecule has 26 heavy (non-hydrogen) atoms. The quantitative estimate of drug-likeness (QED) is 0.848. The van der Waals surface area contributed by atoms with Crippen LogP contribution in [0.2, 0.25) is 0 Å². The maximum absolute atomic E-state index is 13.3. The lowest BCUT2D eigenvalue weighted by molar-refractivity contribution is 0.0619. The molecule has 0 atom stereocenters. The van der Waals surface area contributed by atoms with Gasteiger partial charge < -0.3 is 14.4 Å². The van der Waals surface area contributed by atoms with E-state index in [9.17, 15) is 9.18 Å². The van der Waals surface area contributed by atoms with Gasteiger partial charge in [-0.1, -0.05) is 18.2 Å². The summed E-state index contributed by atoms with van der Waals surface area (Å²) in [6.45, 7) is 4.44. The molecule has 5 nitrogen and oxygen atoms in total. The van der Waals surface area contributed by atoms with Crippen molar-refractivity contribution in [2.45, 2.75) is 6.54 Å². The van der Waals surface area contributed by atoms with E-state index in [4.69, 9.17) is 9.47 Å². The van der Waals surface area contributed by atoms with Crippen molar-refractivity contribution < 1.29 is 18.7 Å². The maximum atomic E-state index is 13.3. The zero-order valence-electron chi connectivity index (χ0n) is 14.5. The molecule has 0 unspecified atom stereocenters. The number of ether oxygens (including phenoxy) is 2. The van der Waals surface area contributed by atoms with E-state index in [2.05, 4.69) is 4.90 Å². The van der Waals surface area contributed by atoms with Crippen LogP contribution in [-0.2, 0) is 6.54 Å². The molecule has 6 heteroatoms. The van der Waals surface area contributed by atoms with Gasteiger partial charge in [0.2, 0.25) is 0 Å². The summed E-state index contributed by atoms with van der Waals surface area (Å²) < 4.78 is 24.5. The van der Waals surface area contributed by atoms with Crippen molar-refractivity contribution in [3.8, 4) is 11.5 Å². The average Bonchev–Trinajstić information content (AvgIpc) is 2.68. The van der Waals surface area contributed by atoms with Crippen molar-refractivity contribution in [1.82, 2.24) is 9.80 Å². The van der Waals surface area contributed by atoms with E-state index in [0.29, 0.717) is 49.9 Å². The first kappa shape index (κ1) is 16.8. The van der Waals surface area contributed by atoms with Gasteiger partial charge in [-0.15, -0.1) is 0 Å². The highest BCUT2D eigenvalue weighted by Crippen LogP contribution is 2.34. The highest BCUT2D eigenvalue weighted by atomic mass is 19.1. The monoisotopic (exact) mass is 356 g/mol. The summed E-state index contributed by atoms with van der Waals surface area (Å²) in [6, 6.07) is 12.1. The molecule has 2 aromatic carbocycles. The summed E-state index contributed by atoms with van der Waals surface area (Å²) in [4.78, 5) is 17.0. The Bertz CT molecular complexity index is 803. The lowest BCUT2D eigenvalue weighted by Gasteiger charge is -2.35. The molecule has 1 amide bonds. The molecule has 2 heterocycles. The normalized spacial score (nSPS) is 17.2. The van der Waals surface area contributed by atoms with Gasteiger partial charge in [0, 0.05) is 32.7 Å². The van der Waals surface area contributed by atoms with Crippen molar-refractivity contribution in [2.24, 2.45) is 0 Å². The first-order chi connectivity index (χ1) is 12.7. The Morgan fingerprint density at radius 3 is 2.58 bits per heavy atom. The summed E-state index contributed by atoms with van der Waals surface area (Å²) in [5.41, 5.74) is 1.51. The van der Waals surface area contributed by atoms with Crippen LogP contribution in [-0.4, -0.2) is 55.1 Å². The van der Waals surface area contributed by atoms with Gasteiger partial charge in [0.1, 0.15) is 19.0 Å². The van der Waals surface area contributed by atoms with Crippen LogP contribution in [0, 0.1) is 5.82 Å². The molecule has 0 radical (unpaired) electrons. The topological polar surface area (TPSA) is 42.0 Å². The number of hydrogen-bond donors (Lipinski definition) is 0. The average molecular weight is 356 g/mol. The van der Waals surface area contributed by atoms with Crippen LogP contribution >= 0.6 is 0 Å². The van der Waals surface area contributed by atoms with Crippen LogP contribution in [0.25, 0.3) is 0 Å². The molecule has 0 saturated carbocycles. The molecule has 0 aromatic heterocycles. The van der Waals surface area contributed by atoms with E-state index in [0.717, 1.165) is 18.7 Å². The number of rotatable bonds is 3. The Morgan fingerprint density at radius 1 is 1.00 bits per heavy atom. The predicted molar refractivity (Wildman–Crippen MR) is 95.0 cm³/mol. The Hall–Kier alpha value is -2.60. The molecule has 136 valence electrons. The molecule has 1 saturated heterocycles. The van der Waals surface area contributed by atoms with Crippen molar-refractivity contribution in [3.63, 3.8) is 0 Å². The second kappa shape index (κ2) is 7.33. The van der Waals surface area contributed by atoms with Gasteiger partial charge in [-0.25, -0.2) is 4.39 Å². The molecule has 0 N–H and O–H groups in total. The molecule has 2 aromatic rings. The third kappa shape index (κ3) is 3.51. The molecular formula is C20H21FN2O3. The first-order valence-corrected chi connectivity index (χ1v) is 8.85. The predicted octanol–water partition coefficient (Wildman–Crippen LogP) is 2.55. The van der Waals surface area contributed by atoms with E-state index >= 15 is 0 Å². The molecule has 2 aliphatic heterocycles. The fourth-order valence-corrected chi connectivity index (χ4v) is 3.42. The molecule has 1 fully saturated rings. The molecule has 0 spiro atoms. The highest BCUT2D eigenvalue weighted by molar-refractivity contribution is 5.98. The van der Waals surface area contributed by atoms with Crippen LogP contribution in [0.4, 0.5) is 4.39 Å². The molecule has 4 rings (SSSR count). The lowest BCUT2D eigenvalue weighted by Crippen LogP contribution is -2.48.